The lowest BCUT2D eigenvalue weighted by Gasteiger charge is -2.38. The topological polar surface area (TPSA) is 35.2 Å². The van der Waals surface area contributed by atoms with Gasteiger partial charge in [0.25, 0.3) is 0 Å². The first-order valence-electron chi connectivity index (χ1n) is 6.32. The Kier molecular flexibility index (Phi) is 4.60. The van der Waals surface area contributed by atoms with Gasteiger partial charge in [-0.2, -0.15) is 0 Å². The predicted molar refractivity (Wildman–Crippen MR) is 64.8 cm³/mol. The average molecular weight is 213 g/mol. The molecule has 1 aliphatic rings. The normalized spacial score (nSPS) is 22.2. The Hall–Kier alpha value is -0.0800. The van der Waals surface area contributed by atoms with E-state index >= 15 is 0 Å². The quantitative estimate of drug-likeness (QED) is 0.762. The largest absolute Gasteiger partial charge is 0.376 e. The summed E-state index contributed by atoms with van der Waals surface area (Å²) in [5.41, 5.74) is 6.43. The second kappa shape index (κ2) is 5.31. The summed E-state index contributed by atoms with van der Waals surface area (Å²) in [6.45, 7) is 9.46. The Labute approximate surface area is 94.6 Å². The molecule has 0 amide bonds. The van der Waals surface area contributed by atoms with Gasteiger partial charge in [0.15, 0.2) is 0 Å². The van der Waals surface area contributed by atoms with Crippen LogP contribution in [0.25, 0.3) is 0 Å². The van der Waals surface area contributed by atoms with Crippen LogP contribution >= 0.6 is 0 Å². The maximum Gasteiger partial charge on any atom is 0.0773 e. The Morgan fingerprint density at radius 2 is 1.93 bits per heavy atom. The first-order chi connectivity index (χ1) is 6.95. The van der Waals surface area contributed by atoms with Gasteiger partial charge in [-0.3, -0.25) is 0 Å². The zero-order valence-electron chi connectivity index (χ0n) is 10.8. The molecule has 0 aliphatic heterocycles. The molecular weight excluding hydrogens is 186 g/mol. The van der Waals surface area contributed by atoms with E-state index in [0.29, 0.717) is 0 Å². The summed E-state index contributed by atoms with van der Waals surface area (Å²) in [7, 11) is 0. The Bertz CT molecular complexity index is 181. The highest BCUT2D eigenvalue weighted by atomic mass is 16.5. The smallest absolute Gasteiger partial charge is 0.0773 e. The van der Waals surface area contributed by atoms with Crippen LogP contribution in [0, 0.1) is 11.3 Å². The molecule has 0 radical (unpaired) electrons. The molecule has 2 nitrogen and oxygen atoms in total. The summed E-state index contributed by atoms with van der Waals surface area (Å²) in [5, 5.41) is 0. The van der Waals surface area contributed by atoms with Crippen LogP contribution in [-0.2, 0) is 4.74 Å². The number of nitrogens with two attached hydrogens (primary N) is 1. The fraction of sp³-hybridized carbons (Fsp3) is 1.00. The summed E-state index contributed by atoms with van der Waals surface area (Å²) in [6.07, 6.45) is 5.48. The third-order valence-corrected chi connectivity index (χ3v) is 3.42. The summed E-state index contributed by atoms with van der Waals surface area (Å²) in [5.74, 6) is 0.866. The van der Waals surface area contributed by atoms with Crippen LogP contribution in [0.5, 0.6) is 0 Å². The number of hydrogen-bond acceptors (Lipinski definition) is 2. The third kappa shape index (κ3) is 3.76. The van der Waals surface area contributed by atoms with Gasteiger partial charge in [0.05, 0.1) is 6.10 Å². The van der Waals surface area contributed by atoms with Crippen molar-refractivity contribution in [1.82, 2.24) is 0 Å². The highest BCUT2D eigenvalue weighted by Gasteiger charge is 2.33. The number of rotatable bonds is 5. The zero-order chi connectivity index (χ0) is 11.5. The van der Waals surface area contributed by atoms with Crippen LogP contribution in [0.1, 0.15) is 53.4 Å². The Balaban J connectivity index is 2.45. The van der Waals surface area contributed by atoms with E-state index in [1.54, 1.807) is 0 Å². The van der Waals surface area contributed by atoms with Gasteiger partial charge < -0.3 is 10.5 Å². The van der Waals surface area contributed by atoms with Crippen molar-refractivity contribution < 1.29 is 4.74 Å². The second-order valence-corrected chi connectivity index (χ2v) is 5.94. The van der Waals surface area contributed by atoms with Gasteiger partial charge in [0, 0.05) is 12.6 Å². The first kappa shape index (κ1) is 13.0. The molecule has 0 heterocycles. The van der Waals surface area contributed by atoms with Crippen molar-refractivity contribution in [3.8, 4) is 0 Å². The van der Waals surface area contributed by atoms with Crippen molar-refractivity contribution in [1.29, 1.82) is 0 Å². The third-order valence-electron chi connectivity index (χ3n) is 3.42. The van der Waals surface area contributed by atoms with Gasteiger partial charge >= 0.3 is 0 Å². The molecule has 0 aromatic heterocycles. The van der Waals surface area contributed by atoms with E-state index in [1.807, 2.05) is 0 Å². The molecule has 90 valence electrons. The van der Waals surface area contributed by atoms with Crippen molar-refractivity contribution in [2.45, 2.75) is 65.5 Å². The van der Waals surface area contributed by atoms with Gasteiger partial charge in [0.1, 0.15) is 0 Å². The lowest BCUT2D eigenvalue weighted by Crippen LogP contribution is -2.46. The first-order valence-corrected chi connectivity index (χ1v) is 6.32. The monoisotopic (exact) mass is 213 g/mol. The molecule has 0 saturated heterocycles. The molecule has 0 aromatic rings. The molecule has 0 aromatic carbocycles. The van der Waals surface area contributed by atoms with Crippen molar-refractivity contribution in [3.05, 3.63) is 0 Å². The Morgan fingerprint density at radius 1 is 1.33 bits per heavy atom. The highest BCUT2D eigenvalue weighted by Crippen LogP contribution is 2.33. The molecule has 15 heavy (non-hydrogen) atoms. The molecule has 1 rings (SSSR count). The molecule has 1 fully saturated rings. The van der Waals surface area contributed by atoms with Crippen molar-refractivity contribution >= 4 is 0 Å². The maximum atomic E-state index is 6.28. The molecule has 0 bridgehead atoms. The van der Waals surface area contributed by atoms with Crippen molar-refractivity contribution in [2.75, 3.05) is 6.61 Å². The minimum Gasteiger partial charge on any atom is -0.376 e. The van der Waals surface area contributed by atoms with E-state index in [9.17, 15) is 0 Å². The van der Waals surface area contributed by atoms with Crippen LogP contribution in [0.4, 0.5) is 0 Å². The molecule has 2 unspecified atom stereocenters. The molecular formula is C13H27NO. The van der Waals surface area contributed by atoms with Crippen LogP contribution < -0.4 is 5.73 Å². The number of ether oxygens (including phenoxy) is 1. The fourth-order valence-corrected chi connectivity index (χ4v) is 2.43. The van der Waals surface area contributed by atoms with Gasteiger partial charge in [-0.15, -0.1) is 0 Å². The van der Waals surface area contributed by atoms with E-state index in [2.05, 4.69) is 27.7 Å². The zero-order valence-corrected chi connectivity index (χ0v) is 10.8. The van der Waals surface area contributed by atoms with E-state index < -0.39 is 0 Å². The van der Waals surface area contributed by atoms with Gasteiger partial charge in [-0.1, -0.05) is 40.0 Å². The molecule has 1 aliphatic carbocycles. The van der Waals surface area contributed by atoms with Crippen molar-refractivity contribution in [3.63, 3.8) is 0 Å². The second-order valence-electron chi connectivity index (χ2n) is 5.94. The van der Waals surface area contributed by atoms with Crippen LogP contribution in [0.2, 0.25) is 0 Å². The average Bonchev–Trinajstić information content (AvgIpc) is 2.05. The lowest BCUT2D eigenvalue weighted by atomic mass is 9.76. The minimum absolute atomic E-state index is 0.152. The standard InChI is InChI=1S/C13H27NO/c1-5-15-12(13(2,3)4)11(14)9-10-7-6-8-10/h10-12H,5-9,14H2,1-4H3. The maximum absolute atomic E-state index is 6.28. The van der Waals surface area contributed by atoms with Crippen LogP contribution in [0.15, 0.2) is 0 Å². The van der Waals surface area contributed by atoms with E-state index in [1.165, 1.54) is 19.3 Å². The molecule has 1 saturated carbocycles. The van der Waals surface area contributed by atoms with Gasteiger partial charge in [0.2, 0.25) is 0 Å². The summed E-state index contributed by atoms with van der Waals surface area (Å²) < 4.78 is 5.81. The molecule has 0 spiro atoms. The Morgan fingerprint density at radius 3 is 2.27 bits per heavy atom. The van der Waals surface area contributed by atoms with E-state index in [0.717, 1.165) is 18.9 Å². The summed E-state index contributed by atoms with van der Waals surface area (Å²) in [4.78, 5) is 0. The van der Waals surface area contributed by atoms with Gasteiger partial charge in [-0.25, -0.2) is 0 Å². The lowest BCUT2D eigenvalue weighted by molar-refractivity contribution is -0.0341. The summed E-state index contributed by atoms with van der Waals surface area (Å²) >= 11 is 0. The molecule has 2 atom stereocenters. The fourth-order valence-electron chi connectivity index (χ4n) is 2.43. The predicted octanol–water partition coefficient (Wildman–Crippen LogP) is 2.96. The minimum atomic E-state index is 0.152. The van der Waals surface area contributed by atoms with E-state index in [-0.39, 0.29) is 17.6 Å². The SMILES string of the molecule is CCOC(C(N)CC1CCC1)C(C)(C)C. The van der Waals surface area contributed by atoms with E-state index in [4.69, 9.17) is 10.5 Å². The highest BCUT2D eigenvalue weighted by molar-refractivity contribution is 4.87. The van der Waals surface area contributed by atoms with Crippen molar-refractivity contribution in [2.24, 2.45) is 17.1 Å². The molecule has 2 N–H and O–H groups in total. The number of hydrogen-bond donors (Lipinski definition) is 1. The van der Waals surface area contributed by atoms with Crippen LogP contribution in [-0.4, -0.2) is 18.8 Å². The van der Waals surface area contributed by atoms with Crippen LogP contribution in [0.3, 0.4) is 0 Å². The van der Waals surface area contributed by atoms with Gasteiger partial charge in [-0.05, 0) is 24.7 Å². The molecule has 2 heteroatoms. The summed E-state index contributed by atoms with van der Waals surface area (Å²) in [6, 6.07) is 0.204.